The first-order valence-corrected chi connectivity index (χ1v) is 25.1. The lowest BCUT2D eigenvalue weighted by Crippen LogP contribution is -2.41. The van der Waals surface area contributed by atoms with Gasteiger partial charge < -0.3 is 29.2 Å². The number of aliphatic hydroxyl groups is 1. The van der Waals surface area contributed by atoms with Crippen molar-refractivity contribution in [3.05, 3.63) is 133 Å². The maximum Gasteiger partial charge on any atom is 0.438 e. The van der Waals surface area contributed by atoms with Gasteiger partial charge in [0.25, 0.3) is 5.91 Å². The highest BCUT2D eigenvalue weighted by Crippen LogP contribution is 2.56. The summed E-state index contributed by atoms with van der Waals surface area (Å²) in [5.41, 5.74) is 5.03. The maximum atomic E-state index is 15.5. The molecule has 1 saturated carbocycles. The lowest BCUT2D eigenvalue weighted by atomic mass is 9.91. The van der Waals surface area contributed by atoms with Gasteiger partial charge in [-0.05, 0) is 117 Å². The lowest BCUT2D eigenvalue weighted by Gasteiger charge is -2.34. The number of amides is 1. The van der Waals surface area contributed by atoms with Gasteiger partial charge in [-0.3, -0.25) is 23.4 Å². The van der Waals surface area contributed by atoms with E-state index in [4.69, 9.17) is 14.4 Å². The van der Waals surface area contributed by atoms with Crippen molar-refractivity contribution in [1.29, 1.82) is 0 Å². The van der Waals surface area contributed by atoms with E-state index in [1.54, 1.807) is 68.3 Å². The van der Waals surface area contributed by atoms with E-state index in [-0.39, 0.29) is 30.4 Å². The molecule has 3 aliphatic rings. The Morgan fingerprint density at radius 1 is 1.01 bits per heavy atom. The molecule has 1 amide bonds. The van der Waals surface area contributed by atoms with Crippen molar-refractivity contribution < 1.29 is 28.1 Å². The molecule has 18 heteroatoms. The fraction of sp³-hybridized carbons (Fsp3) is 0.408. The molecule has 7 aromatic rings. The summed E-state index contributed by atoms with van der Waals surface area (Å²) in [7, 11) is -1.19. The predicted octanol–water partition coefficient (Wildman–Crippen LogP) is 6.68. The SMILES string of the molecule is CC[P@](=O)(CCO)c1ccc(-n2ccn(-c3c4c(nn3-c3cc(C)c(F)c(C)c3)CCN(C(=O)c3cc5cc(C6CCOCC6)ccc5n3[C@@]3(c5noc(=O)[nH]5)C[C@@H]3C)[C@H]4C)c2=O)cc1NC. The number of benzene rings is 3. The minimum absolute atomic E-state index is 0.0106. The van der Waals surface area contributed by atoms with E-state index in [0.29, 0.717) is 107 Å². The second-order valence-corrected chi connectivity index (χ2v) is 21.7. The second kappa shape index (κ2) is 16.8. The zero-order chi connectivity index (χ0) is 47.1. The minimum atomic E-state index is -2.92. The topological polar surface area (TPSA) is 187 Å². The number of aromatic amines is 1. The van der Waals surface area contributed by atoms with Gasteiger partial charge in [-0.15, -0.1) is 0 Å². The van der Waals surface area contributed by atoms with Crippen LogP contribution in [0.2, 0.25) is 0 Å². The number of nitrogens with one attached hydrogen (secondary N) is 2. The largest absolute Gasteiger partial charge is 0.438 e. The number of aryl methyl sites for hydroxylation is 2. The zero-order valence-electron chi connectivity index (χ0n) is 38.5. The first kappa shape index (κ1) is 44.5. The number of nitrogens with zero attached hydrogens (tertiary/aromatic N) is 7. The van der Waals surface area contributed by atoms with E-state index in [1.807, 2.05) is 29.4 Å². The number of imidazole rings is 1. The molecule has 1 aliphatic carbocycles. The van der Waals surface area contributed by atoms with Crippen molar-refractivity contribution in [1.82, 2.24) is 38.5 Å². The molecular weight excluding hydrogens is 877 g/mol. The number of ether oxygens (including phenoxy) is 1. The number of carbonyl (C=O) groups is 1. The number of hydrogen-bond donors (Lipinski definition) is 3. The highest BCUT2D eigenvalue weighted by Gasteiger charge is 2.59. The summed E-state index contributed by atoms with van der Waals surface area (Å²) in [6.45, 7) is 10.7. The van der Waals surface area contributed by atoms with Crippen LogP contribution in [0, 0.1) is 25.6 Å². The summed E-state index contributed by atoms with van der Waals surface area (Å²) in [6.07, 6.45) is 6.63. The summed E-state index contributed by atoms with van der Waals surface area (Å²) in [6, 6.07) is 16.4. The molecule has 4 atom stereocenters. The number of H-pyrrole nitrogens is 1. The van der Waals surface area contributed by atoms with Crippen LogP contribution in [0.25, 0.3) is 28.1 Å². The van der Waals surface area contributed by atoms with Crippen LogP contribution in [0.3, 0.4) is 0 Å². The molecule has 2 aliphatic heterocycles. The van der Waals surface area contributed by atoms with Gasteiger partial charge >= 0.3 is 11.4 Å². The van der Waals surface area contributed by atoms with E-state index in [9.17, 15) is 19.3 Å². The van der Waals surface area contributed by atoms with Gasteiger partial charge in [-0.2, -0.15) is 5.10 Å². The van der Waals surface area contributed by atoms with Gasteiger partial charge in [0.05, 0.1) is 29.7 Å². The molecule has 10 rings (SSSR count). The molecule has 1 saturated heterocycles. The first-order chi connectivity index (χ1) is 32.2. The quantitative estimate of drug-likeness (QED) is 0.112. The monoisotopic (exact) mass is 931 g/mol. The Morgan fingerprint density at radius 2 is 1.75 bits per heavy atom. The summed E-state index contributed by atoms with van der Waals surface area (Å²) in [4.78, 5) is 47.4. The molecule has 0 radical (unpaired) electrons. The first-order valence-electron chi connectivity index (χ1n) is 23.0. The Labute approximate surface area is 385 Å². The normalized spacial score (nSPS) is 20.6. The molecule has 0 spiro atoms. The predicted molar refractivity (Wildman–Crippen MR) is 253 cm³/mol. The number of anilines is 1. The van der Waals surface area contributed by atoms with Gasteiger partial charge in [0, 0.05) is 85.4 Å². The van der Waals surface area contributed by atoms with E-state index in [0.717, 1.165) is 23.7 Å². The lowest BCUT2D eigenvalue weighted by molar-refractivity contribution is 0.0663. The minimum Gasteiger partial charge on any atom is -0.396 e. The highest BCUT2D eigenvalue weighted by atomic mass is 31.2. The maximum absolute atomic E-state index is 15.5. The van der Waals surface area contributed by atoms with E-state index in [1.165, 1.54) is 14.7 Å². The Morgan fingerprint density at radius 3 is 2.40 bits per heavy atom. The second-order valence-electron chi connectivity index (χ2n) is 18.4. The number of carbonyl (C=O) groups excluding carboxylic acids is 1. The van der Waals surface area contributed by atoms with Crippen molar-refractivity contribution in [2.24, 2.45) is 5.92 Å². The molecule has 67 heavy (non-hydrogen) atoms. The van der Waals surface area contributed by atoms with Gasteiger partial charge in [0.15, 0.2) is 5.82 Å². The van der Waals surface area contributed by atoms with Gasteiger partial charge in [-0.25, -0.2) is 18.7 Å². The summed E-state index contributed by atoms with van der Waals surface area (Å²) in [5, 5.41) is 23.7. The molecular formula is C49H55FN9O7P. The van der Waals surface area contributed by atoms with Crippen LogP contribution >= 0.6 is 7.14 Å². The smallest absolute Gasteiger partial charge is 0.396 e. The molecule has 16 nitrogen and oxygen atoms in total. The molecule has 2 fully saturated rings. The Kier molecular flexibility index (Phi) is 11.2. The van der Waals surface area contributed by atoms with Crippen LogP contribution in [0.1, 0.15) is 96.3 Å². The van der Waals surface area contributed by atoms with E-state index >= 15 is 9.18 Å². The number of fused-ring (bicyclic) bond motifs is 2. The summed E-state index contributed by atoms with van der Waals surface area (Å²) >= 11 is 0. The van der Waals surface area contributed by atoms with Gasteiger partial charge in [0.1, 0.15) is 30.0 Å². The molecule has 0 unspecified atom stereocenters. The molecule has 350 valence electrons. The van der Waals surface area contributed by atoms with Gasteiger partial charge in [-0.1, -0.05) is 25.1 Å². The highest BCUT2D eigenvalue weighted by molar-refractivity contribution is 7.71. The Bertz CT molecular complexity index is 3240. The van der Waals surface area contributed by atoms with E-state index in [2.05, 4.69) is 40.6 Å². The molecule has 0 bridgehead atoms. The fourth-order valence-corrected chi connectivity index (χ4v) is 13.0. The van der Waals surface area contributed by atoms with Crippen molar-refractivity contribution in [3.63, 3.8) is 0 Å². The summed E-state index contributed by atoms with van der Waals surface area (Å²) in [5.74, 6) is -0.143. The van der Waals surface area contributed by atoms with Crippen molar-refractivity contribution >= 4 is 34.9 Å². The number of rotatable bonds is 12. The average molecular weight is 932 g/mol. The van der Waals surface area contributed by atoms with Crippen molar-refractivity contribution in [3.8, 4) is 17.2 Å². The molecule has 3 aromatic carbocycles. The molecule has 6 heterocycles. The number of aliphatic hydroxyl groups excluding tert-OH is 1. The van der Waals surface area contributed by atoms with Crippen LogP contribution in [-0.4, -0.2) is 95.3 Å². The van der Waals surface area contributed by atoms with Crippen LogP contribution in [0.15, 0.2) is 81.1 Å². The summed E-state index contributed by atoms with van der Waals surface area (Å²) < 4.78 is 46.5. The van der Waals surface area contributed by atoms with Crippen LogP contribution in [-0.2, 0) is 21.3 Å². The van der Waals surface area contributed by atoms with Gasteiger partial charge in [0.2, 0.25) is 0 Å². The van der Waals surface area contributed by atoms with Crippen LogP contribution < -0.4 is 22.1 Å². The Hall–Kier alpha value is -6.29. The van der Waals surface area contributed by atoms with Crippen LogP contribution in [0.4, 0.5) is 10.1 Å². The standard InChI is InChI=1S/C49H55FN9O7P/c1-7-67(64,21-18-60)41-11-9-35(26-38(41)51-6)56-16-17-57(48(56)63)44-42-31(5)55(15-12-37(42)53-59(44)36-22-28(2)43(50)29(3)23-36)45(61)40-25-34-24-33(32-13-19-65-20-14-32)8-10-39(34)58(40)49(27-30(49)4)46-52-47(62)66-54-46/h8-11,16-17,22-26,30-32,51,60H,7,12-15,18-21,27H2,1-6H3,(H,52,54,62)/t30-,31-,49-,67-/m0/s1. The van der Waals surface area contributed by atoms with Crippen molar-refractivity contribution in [2.45, 2.75) is 77.8 Å². The van der Waals surface area contributed by atoms with Crippen LogP contribution in [0.5, 0.6) is 0 Å². The molecule has 4 aromatic heterocycles. The number of aromatic nitrogens is 7. The zero-order valence-corrected chi connectivity index (χ0v) is 39.4. The number of hydrogen-bond acceptors (Lipinski definition) is 10. The average Bonchev–Trinajstić information content (AvgIpc) is 3.83. The number of halogens is 1. The third-order valence-corrected chi connectivity index (χ3v) is 17.8. The molecule has 3 N–H and O–H groups in total. The Balaban J connectivity index is 1.11. The fourth-order valence-electron chi connectivity index (χ4n) is 10.8. The third-order valence-electron chi connectivity index (χ3n) is 14.6. The third kappa shape index (κ3) is 7.16. The van der Waals surface area contributed by atoms with E-state index < -0.39 is 30.2 Å². The van der Waals surface area contributed by atoms with Crippen molar-refractivity contribution in [2.75, 3.05) is 51.1 Å².